The SMILES string of the molecule is Cc1cc(-c2cnc(N3C[C@H]4C[C@@H](C3)c3cccc(=O)n3C4)nc2-c2ccco2)on1. The van der Waals surface area contributed by atoms with Crippen molar-refractivity contribution in [3.63, 3.8) is 0 Å². The Morgan fingerprint density at radius 3 is 2.84 bits per heavy atom. The molecule has 0 N–H and O–H groups in total. The van der Waals surface area contributed by atoms with E-state index in [-0.39, 0.29) is 11.5 Å². The lowest BCUT2D eigenvalue weighted by atomic mass is 9.83. The number of rotatable bonds is 3. The van der Waals surface area contributed by atoms with Crippen LogP contribution in [-0.2, 0) is 6.54 Å². The van der Waals surface area contributed by atoms with E-state index in [1.165, 1.54) is 0 Å². The third-order valence-electron chi connectivity index (χ3n) is 6.19. The normalized spacial score (nSPS) is 20.0. The second-order valence-electron chi connectivity index (χ2n) is 8.35. The molecule has 2 bridgehead atoms. The van der Waals surface area contributed by atoms with Crippen LogP contribution in [0, 0.1) is 12.8 Å². The van der Waals surface area contributed by atoms with Gasteiger partial charge < -0.3 is 18.4 Å². The van der Waals surface area contributed by atoms with Gasteiger partial charge in [0.25, 0.3) is 5.56 Å². The van der Waals surface area contributed by atoms with Gasteiger partial charge in [-0.05, 0) is 37.5 Å². The maximum atomic E-state index is 12.3. The molecule has 0 aliphatic carbocycles. The number of anilines is 1. The summed E-state index contributed by atoms with van der Waals surface area (Å²) >= 11 is 0. The first-order valence-corrected chi connectivity index (χ1v) is 10.4. The number of aromatic nitrogens is 4. The molecule has 0 spiro atoms. The molecule has 0 saturated carbocycles. The van der Waals surface area contributed by atoms with Crippen molar-refractivity contribution in [1.29, 1.82) is 0 Å². The first-order valence-electron chi connectivity index (χ1n) is 10.4. The van der Waals surface area contributed by atoms with Crippen LogP contribution in [-0.4, -0.2) is 32.8 Å². The predicted molar refractivity (Wildman–Crippen MR) is 114 cm³/mol. The summed E-state index contributed by atoms with van der Waals surface area (Å²) in [4.78, 5) is 24.1. The van der Waals surface area contributed by atoms with Crippen LogP contribution in [0.2, 0.25) is 0 Å². The molecule has 31 heavy (non-hydrogen) atoms. The van der Waals surface area contributed by atoms with Crippen molar-refractivity contribution in [2.45, 2.75) is 25.8 Å². The van der Waals surface area contributed by atoms with Crippen LogP contribution in [0.3, 0.4) is 0 Å². The average molecular weight is 415 g/mol. The van der Waals surface area contributed by atoms with E-state index >= 15 is 0 Å². The molecule has 8 nitrogen and oxygen atoms in total. The van der Waals surface area contributed by atoms with Crippen LogP contribution < -0.4 is 10.5 Å². The van der Waals surface area contributed by atoms with E-state index in [1.807, 2.05) is 35.8 Å². The minimum Gasteiger partial charge on any atom is -0.463 e. The van der Waals surface area contributed by atoms with Gasteiger partial charge in [0.2, 0.25) is 5.95 Å². The van der Waals surface area contributed by atoms with Crippen molar-refractivity contribution in [2.24, 2.45) is 5.92 Å². The van der Waals surface area contributed by atoms with Crippen molar-refractivity contribution >= 4 is 5.95 Å². The third-order valence-corrected chi connectivity index (χ3v) is 6.19. The monoisotopic (exact) mass is 415 g/mol. The van der Waals surface area contributed by atoms with E-state index in [0.29, 0.717) is 29.1 Å². The van der Waals surface area contributed by atoms with Crippen molar-refractivity contribution in [1.82, 2.24) is 19.7 Å². The number of piperidine rings is 1. The third kappa shape index (κ3) is 3.06. The van der Waals surface area contributed by atoms with Gasteiger partial charge in [0.1, 0.15) is 5.69 Å². The summed E-state index contributed by atoms with van der Waals surface area (Å²) in [6.45, 7) is 4.21. The Balaban J connectivity index is 1.39. The van der Waals surface area contributed by atoms with Crippen LogP contribution >= 0.6 is 0 Å². The molecule has 2 aliphatic rings. The lowest BCUT2D eigenvalue weighted by Gasteiger charge is -2.42. The standard InChI is InChI=1S/C23H21N5O3/c1-14-8-20(31-26-14)17-10-24-23(25-22(17)19-5-3-7-30-19)27-11-15-9-16(13-27)18-4-2-6-21(29)28(18)12-15/h2-8,10,15-16H,9,11-13H2,1H3/t15-,16+/m1/s1. The molecule has 0 amide bonds. The highest BCUT2D eigenvalue weighted by Gasteiger charge is 2.35. The van der Waals surface area contributed by atoms with Gasteiger partial charge in [0.05, 0.1) is 17.5 Å². The Morgan fingerprint density at radius 1 is 1.10 bits per heavy atom. The lowest BCUT2D eigenvalue weighted by Crippen LogP contribution is -2.47. The van der Waals surface area contributed by atoms with Crippen LogP contribution in [0.1, 0.15) is 23.7 Å². The van der Waals surface area contributed by atoms with E-state index in [9.17, 15) is 4.79 Å². The van der Waals surface area contributed by atoms with Gasteiger partial charge >= 0.3 is 0 Å². The quantitative estimate of drug-likeness (QED) is 0.506. The molecule has 4 aromatic heterocycles. The van der Waals surface area contributed by atoms with Crippen LogP contribution in [0.15, 0.2) is 62.6 Å². The van der Waals surface area contributed by atoms with Crippen molar-refractivity contribution in [2.75, 3.05) is 18.0 Å². The first-order chi connectivity index (χ1) is 15.2. The molecule has 6 heterocycles. The molecule has 2 atom stereocenters. The highest BCUT2D eigenvalue weighted by Crippen LogP contribution is 2.37. The van der Waals surface area contributed by atoms with E-state index in [0.717, 1.165) is 43.0 Å². The zero-order chi connectivity index (χ0) is 20.9. The van der Waals surface area contributed by atoms with Gasteiger partial charge in [-0.25, -0.2) is 9.97 Å². The fraction of sp³-hybridized carbons (Fsp3) is 0.304. The Kier molecular flexibility index (Phi) is 4.05. The molecule has 4 aromatic rings. The Hall–Kier alpha value is -3.68. The molecule has 1 fully saturated rings. The summed E-state index contributed by atoms with van der Waals surface area (Å²) in [5.74, 6) is 2.60. The van der Waals surface area contributed by atoms with Gasteiger partial charge in [-0.3, -0.25) is 4.79 Å². The summed E-state index contributed by atoms with van der Waals surface area (Å²) in [6, 6.07) is 11.2. The second-order valence-corrected chi connectivity index (χ2v) is 8.35. The van der Waals surface area contributed by atoms with Gasteiger partial charge in [-0.2, -0.15) is 0 Å². The number of fused-ring (bicyclic) bond motifs is 4. The van der Waals surface area contributed by atoms with E-state index in [4.69, 9.17) is 13.9 Å². The van der Waals surface area contributed by atoms with E-state index in [1.54, 1.807) is 18.5 Å². The van der Waals surface area contributed by atoms with Gasteiger partial charge in [-0.1, -0.05) is 11.2 Å². The maximum Gasteiger partial charge on any atom is 0.250 e. The number of furan rings is 1. The smallest absolute Gasteiger partial charge is 0.250 e. The number of hydrogen-bond donors (Lipinski definition) is 0. The van der Waals surface area contributed by atoms with Gasteiger partial charge in [-0.15, -0.1) is 0 Å². The van der Waals surface area contributed by atoms with E-state index < -0.39 is 0 Å². The highest BCUT2D eigenvalue weighted by molar-refractivity contribution is 5.75. The lowest BCUT2D eigenvalue weighted by molar-refractivity contribution is 0.279. The fourth-order valence-electron chi connectivity index (χ4n) is 4.86. The molecule has 2 aliphatic heterocycles. The summed E-state index contributed by atoms with van der Waals surface area (Å²) < 4.78 is 13.1. The van der Waals surface area contributed by atoms with Gasteiger partial charge in [0.15, 0.2) is 11.5 Å². The number of nitrogens with zero attached hydrogens (tertiary/aromatic N) is 5. The molecular formula is C23H21N5O3. The zero-order valence-corrected chi connectivity index (χ0v) is 17.1. The summed E-state index contributed by atoms with van der Waals surface area (Å²) in [5, 5.41) is 4.00. The molecule has 6 rings (SSSR count). The van der Waals surface area contributed by atoms with Crippen molar-refractivity contribution < 1.29 is 8.94 Å². The second kappa shape index (κ2) is 6.94. The Bertz CT molecular complexity index is 1310. The highest BCUT2D eigenvalue weighted by atomic mass is 16.5. The predicted octanol–water partition coefficient (Wildman–Crippen LogP) is 3.49. The summed E-state index contributed by atoms with van der Waals surface area (Å²) in [6.07, 6.45) is 4.50. The van der Waals surface area contributed by atoms with Crippen molar-refractivity contribution in [3.8, 4) is 22.8 Å². The van der Waals surface area contributed by atoms with E-state index in [2.05, 4.69) is 21.1 Å². The van der Waals surface area contributed by atoms with Crippen LogP contribution in [0.25, 0.3) is 22.8 Å². The molecule has 156 valence electrons. The number of aryl methyl sites for hydroxylation is 1. The minimum absolute atomic E-state index is 0.0868. The number of hydrogen-bond acceptors (Lipinski definition) is 7. The Labute approximate surface area is 178 Å². The zero-order valence-electron chi connectivity index (χ0n) is 17.1. The largest absolute Gasteiger partial charge is 0.463 e. The molecule has 8 heteroatoms. The van der Waals surface area contributed by atoms with Crippen LogP contribution in [0.4, 0.5) is 5.95 Å². The maximum absolute atomic E-state index is 12.3. The molecular weight excluding hydrogens is 394 g/mol. The molecule has 0 aromatic carbocycles. The summed E-state index contributed by atoms with van der Waals surface area (Å²) in [7, 11) is 0. The van der Waals surface area contributed by atoms with Gasteiger partial charge in [0, 0.05) is 49.6 Å². The first kappa shape index (κ1) is 18.1. The molecule has 0 unspecified atom stereocenters. The number of pyridine rings is 1. The Morgan fingerprint density at radius 2 is 2.03 bits per heavy atom. The average Bonchev–Trinajstić information content (AvgIpc) is 3.46. The topological polar surface area (TPSA) is 90.2 Å². The fourth-order valence-corrected chi connectivity index (χ4v) is 4.86. The minimum atomic E-state index is 0.0868. The van der Waals surface area contributed by atoms with Crippen LogP contribution in [0.5, 0.6) is 0 Å². The molecule has 0 radical (unpaired) electrons. The molecule has 1 saturated heterocycles. The summed E-state index contributed by atoms with van der Waals surface area (Å²) in [5.41, 5.74) is 3.41. The van der Waals surface area contributed by atoms with Crippen molar-refractivity contribution in [3.05, 3.63) is 70.6 Å².